The number of aliphatic hydroxyl groups is 1. The van der Waals surface area contributed by atoms with Crippen LogP contribution in [-0.4, -0.2) is 42.4 Å². The van der Waals surface area contributed by atoms with E-state index in [1.165, 1.54) is 0 Å². The van der Waals surface area contributed by atoms with Crippen LogP contribution in [0.5, 0.6) is 0 Å². The molecule has 0 spiro atoms. The van der Waals surface area contributed by atoms with Crippen LogP contribution in [0.4, 0.5) is 0 Å². The zero-order valence-corrected chi connectivity index (χ0v) is 35.8. The maximum Gasteiger partial charge on any atom is 0.475 e. The van der Waals surface area contributed by atoms with Crippen molar-refractivity contribution in [3.63, 3.8) is 0 Å². The molecule has 0 radical (unpaired) electrons. The van der Waals surface area contributed by atoms with Gasteiger partial charge in [-0.25, -0.2) is 9.13 Å². The minimum absolute atomic E-state index is 0.0274. The van der Waals surface area contributed by atoms with E-state index in [1.54, 1.807) is 0 Å². The van der Waals surface area contributed by atoms with E-state index >= 15 is 9.13 Å². The Hall–Kier alpha value is -4.62. The second-order valence-electron chi connectivity index (χ2n) is 14.4. The summed E-state index contributed by atoms with van der Waals surface area (Å²) in [6, 6.07) is 55.2. The summed E-state index contributed by atoms with van der Waals surface area (Å²) < 4.78 is 86.3. The molecule has 62 heavy (non-hydrogen) atoms. The molecule has 0 aliphatic carbocycles. The number of hydrogen-bond acceptors (Lipinski definition) is 12. The molecule has 6 aromatic carbocycles. The van der Waals surface area contributed by atoms with Crippen LogP contribution in [0.1, 0.15) is 33.4 Å². The first-order valence-electron chi connectivity index (χ1n) is 20.2. The summed E-state index contributed by atoms with van der Waals surface area (Å²) in [5.74, 6) is 0. The van der Waals surface area contributed by atoms with Gasteiger partial charge in [-0.15, -0.1) is 0 Å². The van der Waals surface area contributed by atoms with E-state index in [0.717, 1.165) is 11.1 Å². The summed E-state index contributed by atoms with van der Waals surface area (Å²) in [4.78, 5) is 0. The highest BCUT2D eigenvalue weighted by molar-refractivity contribution is 7.48. The third-order valence-electron chi connectivity index (χ3n) is 9.72. The van der Waals surface area contributed by atoms with Crippen molar-refractivity contribution >= 4 is 15.6 Å². The van der Waals surface area contributed by atoms with E-state index in [4.69, 9.17) is 41.4 Å². The Kier molecular flexibility index (Phi) is 17.0. The smallest absolute Gasteiger partial charge is 0.374 e. The van der Waals surface area contributed by atoms with Crippen molar-refractivity contribution in [3.05, 3.63) is 215 Å². The maximum absolute atomic E-state index is 15.1. The first-order valence-corrected chi connectivity index (χ1v) is 23.2. The number of benzene rings is 6. The largest absolute Gasteiger partial charge is 0.475 e. The van der Waals surface area contributed by atoms with Gasteiger partial charge in [0.05, 0.1) is 46.2 Å². The van der Waals surface area contributed by atoms with E-state index < -0.39 is 46.4 Å². The van der Waals surface area contributed by atoms with E-state index in [2.05, 4.69) is 0 Å². The minimum Gasteiger partial charge on any atom is -0.374 e. The molecular weight excluding hydrogens is 830 g/mol. The van der Waals surface area contributed by atoms with E-state index in [9.17, 15) is 5.11 Å². The van der Waals surface area contributed by atoms with Crippen molar-refractivity contribution in [2.75, 3.05) is 6.61 Å². The zero-order valence-electron chi connectivity index (χ0n) is 34.0. The Labute approximate surface area is 362 Å². The number of rotatable bonds is 23. The lowest BCUT2D eigenvalue weighted by atomic mass is 9.99. The van der Waals surface area contributed by atoms with Crippen LogP contribution in [0.3, 0.4) is 0 Å². The highest BCUT2D eigenvalue weighted by Gasteiger charge is 2.54. The van der Waals surface area contributed by atoms with Crippen LogP contribution in [0.25, 0.3) is 0 Å². The predicted octanol–water partition coefficient (Wildman–Crippen LogP) is 10.4. The van der Waals surface area contributed by atoms with Crippen molar-refractivity contribution in [3.8, 4) is 0 Å². The predicted molar refractivity (Wildman–Crippen MR) is 232 cm³/mol. The number of aliphatic hydroxyl groups excluding tert-OH is 1. The minimum atomic E-state index is -4.65. The van der Waals surface area contributed by atoms with Crippen LogP contribution in [0, 0.1) is 0 Å². The van der Waals surface area contributed by atoms with Gasteiger partial charge < -0.3 is 19.3 Å². The highest BCUT2D eigenvalue weighted by atomic mass is 31.2. The van der Waals surface area contributed by atoms with Gasteiger partial charge in [0.2, 0.25) is 0 Å². The van der Waals surface area contributed by atoms with Crippen molar-refractivity contribution in [2.45, 2.75) is 70.3 Å². The third kappa shape index (κ3) is 13.9. The molecule has 1 heterocycles. The molecular formula is C48H50O12P2. The normalized spacial score (nSPS) is 19.3. The Balaban J connectivity index is 1.26. The van der Waals surface area contributed by atoms with Gasteiger partial charge >= 0.3 is 15.6 Å². The maximum atomic E-state index is 15.1. The Bertz CT molecular complexity index is 2180. The van der Waals surface area contributed by atoms with Crippen LogP contribution < -0.4 is 0 Å². The molecule has 1 N–H and O–H groups in total. The van der Waals surface area contributed by atoms with Gasteiger partial charge in [0, 0.05) is 0 Å². The summed E-state index contributed by atoms with van der Waals surface area (Å²) in [5, 5.41) is 11.8. The van der Waals surface area contributed by atoms with Crippen LogP contribution in [-0.2, 0) is 90.1 Å². The molecule has 1 aliphatic rings. The SMILES string of the molecule is O=P(OCc1ccccc1)(OCc1ccccc1)O[C@@H]1[C@@H](OCc2ccccc2)[C@@H](O)O[C@H](COCc2ccccc2)[C@H]1OP(=O)(OCc1ccccc1)OCc1ccccc1. The summed E-state index contributed by atoms with van der Waals surface area (Å²) in [6.07, 6.45) is -7.39. The Morgan fingerprint density at radius 3 is 1.06 bits per heavy atom. The molecule has 5 atom stereocenters. The van der Waals surface area contributed by atoms with Crippen LogP contribution in [0.2, 0.25) is 0 Å². The molecule has 0 bridgehead atoms. The second kappa shape index (κ2) is 23.2. The number of hydrogen-bond donors (Lipinski definition) is 1. The van der Waals surface area contributed by atoms with Crippen molar-refractivity contribution in [1.29, 1.82) is 0 Å². The zero-order chi connectivity index (χ0) is 42.9. The topological polar surface area (TPSA) is 137 Å². The molecule has 0 aromatic heterocycles. The van der Waals surface area contributed by atoms with Crippen molar-refractivity contribution in [1.82, 2.24) is 0 Å². The second-order valence-corrected chi connectivity index (χ2v) is 17.6. The number of phosphoric ester groups is 2. The number of phosphoric acid groups is 2. The molecule has 1 saturated heterocycles. The van der Waals surface area contributed by atoms with Gasteiger partial charge in [-0.1, -0.05) is 182 Å². The lowest BCUT2D eigenvalue weighted by molar-refractivity contribution is -0.295. The number of ether oxygens (including phenoxy) is 3. The first-order chi connectivity index (χ1) is 30.3. The van der Waals surface area contributed by atoms with Crippen LogP contribution in [0.15, 0.2) is 182 Å². The fourth-order valence-corrected chi connectivity index (χ4v) is 9.21. The van der Waals surface area contributed by atoms with Gasteiger partial charge in [-0.2, -0.15) is 0 Å². The third-order valence-corrected chi connectivity index (χ3v) is 12.5. The molecule has 12 nitrogen and oxygen atoms in total. The fraction of sp³-hybridized carbons (Fsp3) is 0.250. The van der Waals surface area contributed by atoms with Crippen molar-refractivity contribution in [2.24, 2.45) is 0 Å². The van der Waals surface area contributed by atoms with Gasteiger partial charge in [0.15, 0.2) is 6.29 Å². The van der Waals surface area contributed by atoms with Gasteiger partial charge in [0.1, 0.15) is 24.4 Å². The van der Waals surface area contributed by atoms with E-state index in [0.29, 0.717) is 22.3 Å². The summed E-state index contributed by atoms with van der Waals surface area (Å²) >= 11 is 0. The monoisotopic (exact) mass is 880 g/mol. The molecule has 6 aromatic rings. The van der Waals surface area contributed by atoms with Crippen LogP contribution >= 0.6 is 15.6 Å². The molecule has 324 valence electrons. The van der Waals surface area contributed by atoms with E-state index in [1.807, 2.05) is 182 Å². The van der Waals surface area contributed by atoms with Gasteiger partial charge in [0.25, 0.3) is 0 Å². The average Bonchev–Trinajstić information content (AvgIpc) is 3.32. The fourth-order valence-electron chi connectivity index (χ4n) is 6.49. The van der Waals surface area contributed by atoms with Crippen molar-refractivity contribution < 1.29 is 55.6 Å². The molecule has 1 aliphatic heterocycles. The lowest BCUT2D eigenvalue weighted by Crippen LogP contribution is -2.60. The van der Waals surface area contributed by atoms with Gasteiger partial charge in [-0.05, 0) is 33.4 Å². The Morgan fingerprint density at radius 2 is 0.710 bits per heavy atom. The molecule has 14 heteroatoms. The summed E-state index contributed by atoms with van der Waals surface area (Å²) in [6.45, 7) is -0.716. The molecule has 0 amide bonds. The molecule has 0 unspecified atom stereocenters. The van der Waals surface area contributed by atoms with Gasteiger partial charge in [-0.3, -0.25) is 27.1 Å². The average molecular weight is 881 g/mol. The molecule has 0 saturated carbocycles. The Morgan fingerprint density at radius 1 is 0.403 bits per heavy atom. The standard InChI is InChI=1S/C48H50O12P2/c49-48-47(53-32-39-21-9-2-10-22-39)46(60-62(51,56-35-42-27-15-5-16-28-42)57-36-43-29-17-6-18-30-43)45(44(58-48)37-52-31-38-19-7-1-8-20-38)59-61(50,54-33-40-23-11-3-12-24-40)55-34-41-25-13-4-14-26-41/h1-30,44-49H,31-37H2/t44-,45-,46+,47-,48+/m1/s1. The molecule has 7 rings (SSSR count). The first kappa shape index (κ1) is 45.4. The molecule has 1 fully saturated rings. The summed E-state index contributed by atoms with van der Waals surface area (Å²) in [5.41, 5.74) is 4.41. The lowest BCUT2D eigenvalue weighted by Gasteiger charge is -2.45. The highest BCUT2D eigenvalue weighted by Crippen LogP contribution is 2.58. The van der Waals surface area contributed by atoms with E-state index in [-0.39, 0.29) is 46.2 Å². The summed E-state index contributed by atoms with van der Waals surface area (Å²) in [7, 11) is -9.27. The quantitative estimate of drug-likeness (QED) is 0.0613.